The average molecular weight is 400 g/mol. The number of rotatable bonds is 3. The largest absolute Gasteiger partial charge is 0.496 e. The molecule has 8 heteroatoms. The van der Waals surface area contributed by atoms with Crippen LogP contribution in [-0.4, -0.2) is 32.0 Å². The summed E-state index contributed by atoms with van der Waals surface area (Å²) < 4.78 is 5.45. The maximum atomic E-state index is 6.74. The minimum absolute atomic E-state index is 0.178. The first kappa shape index (κ1) is 17.7. The lowest BCUT2D eigenvalue weighted by Gasteiger charge is -2.14. The summed E-state index contributed by atoms with van der Waals surface area (Å²) in [5.41, 5.74) is 5.78. The Kier molecular flexibility index (Phi) is 4.45. The first-order valence-electron chi connectivity index (χ1n) is 8.16. The van der Waals surface area contributed by atoms with Gasteiger partial charge in [-0.3, -0.25) is 0 Å². The first-order chi connectivity index (χ1) is 13.0. The SMILES string of the molecule is COc1ccc(C)c(-c2cnc3nc(-c4cnc(Cl)nc4)[nH]c3c2Cl)c1C. The maximum absolute atomic E-state index is 6.74. The van der Waals surface area contributed by atoms with Gasteiger partial charge in [0.15, 0.2) is 5.65 Å². The zero-order valence-corrected chi connectivity index (χ0v) is 16.4. The molecule has 0 unspecified atom stereocenters. The van der Waals surface area contributed by atoms with Gasteiger partial charge in [-0.05, 0) is 48.2 Å². The zero-order chi connectivity index (χ0) is 19.1. The van der Waals surface area contributed by atoms with Crippen molar-refractivity contribution in [2.45, 2.75) is 13.8 Å². The van der Waals surface area contributed by atoms with Crippen LogP contribution in [0.4, 0.5) is 0 Å². The number of benzene rings is 1. The molecule has 0 radical (unpaired) electrons. The van der Waals surface area contributed by atoms with Crippen LogP contribution in [0.15, 0.2) is 30.7 Å². The van der Waals surface area contributed by atoms with Crippen LogP contribution in [0.1, 0.15) is 11.1 Å². The Morgan fingerprint density at radius 1 is 1.00 bits per heavy atom. The van der Waals surface area contributed by atoms with Crippen LogP contribution in [0.5, 0.6) is 5.75 Å². The second kappa shape index (κ2) is 6.79. The van der Waals surface area contributed by atoms with Crippen molar-refractivity contribution in [1.29, 1.82) is 0 Å². The number of halogens is 2. The van der Waals surface area contributed by atoms with Crippen molar-refractivity contribution in [3.05, 3.63) is 52.2 Å². The summed E-state index contributed by atoms with van der Waals surface area (Å²) in [5, 5.41) is 0.727. The predicted octanol–water partition coefficient (Wildman–Crippen LogP) is 5.01. The van der Waals surface area contributed by atoms with Gasteiger partial charge in [0.2, 0.25) is 5.28 Å². The van der Waals surface area contributed by atoms with E-state index in [0.717, 1.165) is 28.0 Å². The number of imidazole rings is 1. The highest BCUT2D eigenvalue weighted by Gasteiger charge is 2.18. The van der Waals surface area contributed by atoms with E-state index < -0.39 is 0 Å². The van der Waals surface area contributed by atoms with Crippen LogP contribution < -0.4 is 4.74 Å². The lowest BCUT2D eigenvalue weighted by Crippen LogP contribution is -1.95. The fourth-order valence-corrected chi connectivity index (χ4v) is 3.51. The fourth-order valence-electron chi connectivity index (χ4n) is 3.14. The molecule has 0 amide bonds. The highest BCUT2D eigenvalue weighted by Crippen LogP contribution is 2.39. The molecule has 6 nitrogen and oxygen atoms in total. The highest BCUT2D eigenvalue weighted by atomic mass is 35.5. The molecule has 0 aliphatic rings. The van der Waals surface area contributed by atoms with E-state index in [2.05, 4.69) is 24.9 Å². The normalized spacial score (nSPS) is 11.1. The molecule has 4 rings (SSSR count). The molecule has 1 N–H and O–H groups in total. The van der Waals surface area contributed by atoms with Crippen molar-refractivity contribution in [1.82, 2.24) is 24.9 Å². The van der Waals surface area contributed by atoms with Crippen LogP contribution >= 0.6 is 23.2 Å². The second-order valence-electron chi connectivity index (χ2n) is 6.10. The van der Waals surface area contributed by atoms with E-state index >= 15 is 0 Å². The molecule has 27 heavy (non-hydrogen) atoms. The topological polar surface area (TPSA) is 76.6 Å². The van der Waals surface area contributed by atoms with Gasteiger partial charge in [-0.2, -0.15) is 0 Å². The van der Waals surface area contributed by atoms with Gasteiger partial charge in [-0.25, -0.2) is 19.9 Å². The number of aromatic amines is 1. The summed E-state index contributed by atoms with van der Waals surface area (Å²) in [5.74, 6) is 1.38. The second-order valence-corrected chi connectivity index (χ2v) is 6.81. The van der Waals surface area contributed by atoms with Gasteiger partial charge in [0.05, 0.1) is 17.7 Å². The summed E-state index contributed by atoms with van der Waals surface area (Å²) in [6, 6.07) is 3.95. The number of hydrogen-bond donors (Lipinski definition) is 1. The van der Waals surface area contributed by atoms with E-state index in [1.807, 2.05) is 26.0 Å². The molecule has 3 aromatic heterocycles. The molecule has 0 atom stereocenters. The van der Waals surface area contributed by atoms with Crippen LogP contribution in [0.3, 0.4) is 0 Å². The molecule has 0 fully saturated rings. The van der Waals surface area contributed by atoms with E-state index in [1.165, 1.54) is 0 Å². The minimum atomic E-state index is 0.178. The third-order valence-corrected chi connectivity index (χ3v) is 5.05. The average Bonchev–Trinajstić information content (AvgIpc) is 3.09. The van der Waals surface area contributed by atoms with Crippen LogP contribution in [0.25, 0.3) is 33.7 Å². The summed E-state index contributed by atoms with van der Waals surface area (Å²) in [6.45, 7) is 4.04. The van der Waals surface area contributed by atoms with Crippen LogP contribution in [0, 0.1) is 13.8 Å². The quantitative estimate of drug-likeness (QED) is 0.489. The number of aromatic nitrogens is 5. The van der Waals surface area contributed by atoms with Crippen molar-refractivity contribution >= 4 is 34.4 Å². The Labute approximate surface area is 165 Å². The molecule has 136 valence electrons. The lowest BCUT2D eigenvalue weighted by atomic mass is 9.96. The molecule has 0 aliphatic heterocycles. The molecular weight excluding hydrogens is 385 g/mol. The third-order valence-electron chi connectivity index (χ3n) is 4.46. The number of nitrogens with zero attached hydrogens (tertiary/aromatic N) is 4. The smallest absolute Gasteiger partial charge is 0.222 e. The standard InChI is InChI=1S/C19H15Cl2N5O/c1-9-4-5-13(27-3)10(2)14(9)12-8-22-18-16(15(12)20)25-17(26-18)11-6-23-19(21)24-7-11/h4-8H,1-3H3,(H,22,25,26). The Morgan fingerprint density at radius 2 is 1.74 bits per heavy atom. The molecule has 1 aromatic carbocycles. The highest BCUT2D eigenvalue weighted by molar-refractivity contribution is 6.37. The van der Waals surface area contributed by atoms with E-state index in [0.29, 0.717) is 27.6 Å². The van der Waals surface area contributed by atoms with Gasteiger partial charge in [-0.1, -0.05) is 17.7 Å². The van der Waals surface area contributed by atoms with E-state index in [9.17, 15) is 0 Å². The van der Waals surface area contributed by atoms with Gasteiger partial charge >= 0.3 is 0 Å². The van der Waals surface area contributed by atoms with E-state index in [4.69, 9.17) is 27.9 Å². The molecule has 0 bridgehead atoms. The van der Waals surface area contributed by atoms with Crippen LogP contribution in [0.2, 0.25) is 10.3 Å². The van der Waals surface area contributed by atoms with Crippen LogP contribution in [-0.2, 0) is 0 Å². The van der Waals surface area contributed by atoms with Crippen molar-refractivity contribution in [2.75, 3.05) is 7.11 Å². The van der Waals surface area contributed by atoms with E-state index in [-0.39, 0.29) is 5.28 Å². The molecule has 0 saturated carbocycles. The summed E-state index contributed by atoms with van der Waals surface area (Å²) >= 11 is 12.5. The third kappa shape index (κ3) is 3.01. The lowest BCUT2D eigenvalue weighted by molar-refractivity contribution is 0.412. The van der Waals surface area contributed by atoms with Crippen molar-refractivity contribution in [3.8, 4) is 28.3 Å². The summed E-state index contributed by atoms with van der Waals surface area (Å²) in [4.78, 5) is 20.2. The number of fused-ring (bicyclic) bond motifs is 1. The number of methoxy groups -OCH3 is 1. The molecule has 4 aromatic rings. The number of hydrogen-bond acceptors (Lipinski definition) is 5. The van der Waals surface area contributed by atoms with Gasteiger partial charge in [-0.15, -0.1) is 0 Å². The number of nitrogens with one attached hydrogen (secondary N) is 1. The fraction of sp³-hybridized carbons (Fsp3) is 0.158. The number of ether oxygens (including phenoxy) is 1. The maximum Gasteiger partial charge on any atom is 0.222 e. The van der Waals surface area contributed by atoms with Gasteiger partial charge < -0.3 is 9.72 Å². The first-order valence-corrected chi connectivity index (χ1v) is 8.92. The number of H-pyrrole nitrogens is 1. The Hall–Kier alpha value is -2.70. The van der Waals surface area contributed by atoms with Crippen molar-refractivity contribution < 1.29 is 4.74 Å². The van der Waals surface area contributed by atoms with Gasteiger partial charge in [0, 0.05) is 24.2 Å². The van der Waals surface area contributed by atoms with E-state index in [1.54, 1.807) is 25.7 Å². The predicted molar refractivity (Wildman–Crippen MR) is 106 cm³/mol. The molecule has 0 aliphatic carbocycles. The Balaban J connectivity index is 1.90. The summed E-state index contributed by atoms with van der Waals surface area (Å²) in [7, 11) is 1.65. The van der Waals surface area contributed by atoms with Gasteiger partial charge in [0.25, 0.3) is 0 Å². The monoisotopic (exact) mass is 399 g/mol. The molecule has 0 saturated heterocycles. The van der Waals surface area contributed by atoms with Gasteiger partial charge in [0.1, 0.15) is 17.1 Å². The van der Waals surface area contributed by atoms with Crippen molar-refractivity contribution in [2.24, 2.45) is 0 Å². The number of pyridine rings is 1. The van der Waals surface area contributed by atoms with Crippen molar-refractivity contribution in [3.63, 3.8) is 0 Å². The molecule has 3 heterocycles. The molecular formula is C19H15Cl2N5O. The molecule has 0 spiro atoms. The number of aryl methyl sites for hydroxylation is 1. The summed E-state index contributed by atoms with van der Waals surface area (Å²) in [6.07, 6.45) is 4.93. The Morgan fingerprint density at radius 3 is 2.44 bits per heavy atom. The zero-order valence-electron chi connectivity index (χ0n) is 14.8. The Bertz CT molecular complexity index is 1160. The minimum Gasteiger partial charge on any atom is -0.496 e.